The summed E-state index contributed by atoms with van der Waals surface area (Å²) in [7, 11) is 0. The number of hydrogen-bond acceptors (Lipinski definition) is 3. The second-order valence-corrected chi connectivity index (χ2v) is 5.36. The quantitative estimate of drug-likeness (QED) is 0.715. The van der Waals surface area contributed by atoms with Gasteiger partial charge in [0.1, 0.15) is 11.9 Å². The lowest BCUT2D eigenvalue weighted by atomic mass is 10.0. The number of carbonyl (C=O) groups excluding carboxylic acids is 2. The van der Waals surface area contributed by atoms with Crippen LogP contribution in [0.5, 0.6) is 0 Å². The van der Waals surface area contributed by atoms with E-state index in [2.05, 4.69) is 5.32 Å². The van der Waals surface area contributed by atoms with E-state index in [1.54, 1.807) is 0 Å². The highest BCUT2D eigenvalue weighted by molar-refractivity contribution is 5.78. The van der Waals surface area contributed by atoms with Gasteiger partial charge in [-0.3, -0.25) is 4.79 Å². The Morgan fingerprint density at radius 2 is 2.12 bits per heavy atom. The summed E-state index contributed by atoms with van der Waals surface area (Å²) in [5, 5.41) is 2.73. The molecule has 0 aromatic rings. The molecule has 0 aromatic carbocycles. The summed E-state index contributed by atoms with van der Waals surface area (Å²) in [6.45, 7) is 5.68. The van der Waals surface area contributed by atoms with Crippen molar-refractivity contribution in [3.05, 3.63) is 12.2 Å². The zero-order valence-electron chi connectivity index (χ0n) is 10.8. The van der Waals surface area contributed by atoms with Crippen molar-refractivity contribution in [3.8, 4) is 0 Å². The van der Waals surface area contributed by atoms with Crippen LogP contribution in [0.4, 0.5) is 4.79 Å². The molecule has 0 bridgehead atoms. The van der Waals surface area contributed by atoms with E-state index in [1.165, 1.54) is 0 Å². The third kappa shape index (κ3) is 6.09. The number of amides is 1. The highest BCUT2D eigenvalue weighted by Crippen LogP contribution is 2.12. The number of ketones is 1. The fourth-order valence-corrected chi connectivity index (χ4v) is 1.59. The van der Waals surface area contributed by atoms with Crippen LogP contribution in [0.15, 0.2) is 12.2 Å². The topological polar surface area (TPSA) is 55.4 Å². The Morgan fingerprint density at radius 1 is 1.41 bits per heavy atom. The summed E-state index contributed by atoms with van der Waals surface area (Å²) >= 11 is 0. The number of alkyl carbamates (subject to hydrolysis) is 1. The average molecular weight is 239 g/mol. The van der Waals surface area contributed by atoms with Gasteiger partial charge in [0.05, 0.1) is 0 Å². The molecule has 4 nitrogen and oxygen atoms in total. The molecule has 1 aliphatic carbocycles. The maximum atomic E-state index is 11.6. The maximum absolute atomic E-state index is 11.6. The summed E-state index contributed by atoms with van der Waals surface area (Å²) in [4.78, 5) is 22.9. The smallest absolute Gasteiger partial charge is 0.408 e. The van der Waals surface area contributed by atoms with Crippen molar-refractivity contribution in [2.45, 2.75) is 58.1 Å². The summed E-state index contributed by atoms with van der Waals surface area (Å²) in [6, 6.07) is 0. The summed E-state index contributed by atoms with van der Waals surface area (Å²) in [5.41, 5.74) is -0.307. The van der Waals surface area contributed by atoms with E-state index in [0.29, 0.717) is 19.3 Å². The van der Waals surface area contributed by atoms with Gasteiger partial charge in [-0.1, -0.05) is 6.08 Å². The summed E-state index contributed by atoms with van der Waals surface area (Å²) in [5.74, 6) is 0.235. The minimum Gasteiger partial charge on any atom is -0.442 e. The third-order valence-corrected chi connectivity index (χ3v) is 2.38. The average Bonchev–Trinajstić information content (AvgIpc) is 2.14. The van der Waals surface area contributed by atoms with Crippen molar-refractivity contribution >= 4 is 11.9 Å². The van der Waals surface area contributed by atoms with Crippen LogP contribution >= 0.6 is 0 Å². The van der Waals surface area contributed by atoms with E-state index in [-0.39, 0.29) is 17.4 Å². The highest BCUT2D eigenvalue weighted by atomic mass is 16.6. The summed E-state index contributed by atoms with van der Waals surface area (Å²) < 4.78 is 5.26. The van der Waals surface area contributed by atoms with Crippen molar-refractivity contribution in [1.29, 1.82) is 0 Å². The Bertz CT molecular complexity index is 315. The Kier molecular flexibility index (Phi) is 4.73. The molecule has 0 spiro atoms. The molecule has 1 N–H and O–H groups in total. The van der Waals surface area contributed by atoms with Gasteiger partial charge in [0, 0.05) is 18.4 Å². The molecule has 0 heterocycles. The van der Waals surface area contributed by atoms with Gasteiger partial charge in [0.2, 0.25) is 0 Å². The van der Waals surface area contributed by atoms with Crippen LogP contribution in [0.25, 0.3) is 0 Å². The first-order valence-corrected chi connectivity index (χ1v) is 6.04. The van der Waals surface area contributed by atoms with Gasteiger partial charge >= 0.3 is 6.09 Å². The molecule has 1 rings (SSSR count). The predicted octanol–water partition coefficient (Wildman–Crippen LogP) is 2.58. The molecule has 1 unspecified atom stereocenters. The van der Waals surface area contributed by atoms with E-state index in [1.807, 2.05) is 32.9 Å². The zero-order valence-corrected chi connectivity index (χ0v) is 10.8. The lowest BCUT2D eigenvalue weighted by Gasteiger charge is -2.22. The Morgan fingerprint density at radius 3 is 2.76 bits per heavy atom. The van der Waals surface area contributed by atoms with E-state index in [4.69, 9.17) is 4.74 Å². The second kappa shape index (κ2) is 5.84. The molecule has 96 valence electrons. The molecule has 17 heavy (non-hydrogen) atoms. The lowest BCUT2D eigenvalue weighted by Crippen LogP contribution is -2.42. The number of Topliss-reactive ketones (excluding diaryl/α,β-unsaturated/α-hetero) is 1. The SMILES string of the molecule is CC(C)(C)NC(=O)OC1/C=C/CCC(=O)CC1. The summed E-state index contributed by atoms with van der Waals surface area (Å²) in [6.07, 6.45) is 5.45. The van der Waals surface area contributed by atoms with Gasteiger partial charge in [-0.05, 0) is 39.7 Å². The monoisotopic (exact) mass is 239 g/mol. The molecule has 0 fully saturated rings. The fourth-order valence-electron chi connectivity index (χ4n) is 1.59. The van der Waals surface area contributed by atoms with Crippen molar-refractivity contribution in [1.82, 2.24) is 5.32 Å². The van der Waals surface area contributed by atoms with Crippen LogP contribution in [-0.2, 0) is 9.53 Å². The van der Waals surface area contributed by atoms with Gasteiger partial charge in [0.15, 0.2) is 0 Å². The van der Waals surface area contributed by atoms with Gasteiger partial charge in [-0.15, -0.1) is 0 Å². The lowest BCUT2D eigenvalue weighted by molar-refractivity contribution is -0.119. The molecular weight excluding hydrogens is 218 g/mol. The number of rotatable bonds is 1. The highest BCUT2D eigenvalue weighted by Gasteiger charge is 2.19. The Balaban J connectivity index is 2.46. The molecule has 0 aliphatic heterocycles. The normalized spacial score (nSPS) is 23.5. The fraction of sp³-hybridized carbons (Fsp3) is 0.692. The second-order valence-electron chi connectivity index (χ2n) is 5.36. The number of ether oxygens (including phenoxy) is 1. The van der Waals surface area contributed by atoms with Crippen LogP contribution in [0.1, 0.15) is 46.5 Å². The van der Waals surface area contributed by atoms with E-state index < -0.39 is 6.09 Å². The number of nitrogens with one attached hydrogen (secondary N) is 1. The van der Waals surface area contributed by atoms with E-state index in [0.717, 1.165) is 6.42 Å². The largest absolute Gasteiger partial charge is 0.442 e. The van der Waals surface area contributed by atoms with Crippen molar-refractivity contribution < 1.29 is 14.3 Å². The Hall–Kier alpha value is -1.32. The van der Waals surface area contributed by atoms with Gasteiger partial charge in [0.25, 0.3) is 0 Å². The minimum atomic E-state index is -0.430. The van der Waals surface area contributed by atoms with Crippen molar-refractivity contribution in [2.75, 3.05) is 0 Å². The third-order valence-electron chi connectivity index (χ3n) is 2.38. The van der Waals surface area contributed by atoms with E-state index in [9.17, 15) is 9.59 Å². The van der Waals surface area contributed by atoms with Gasteiger partial charge < -0.3 is 10.1 Å². The van der Waals surface area contributed by atoms with Crippen LogP contribution in [0.2, 0.25) is 0 Å². The molecule has 0 radical (unpaired) electrons. The maximum Gasteiger partial charge on any atom is 0.408 e. The molecule has 0 aromatic heterocycles. The van der Waals surface area contributed by atoms with Crippen LogP contribution in [0, 0.1) is 0 Å². The first-order chi connectivity index (χ1) is 7.87. The minimum absolute atomic E-state index is 0.235. The number of hydrogen-bond donors (Lipinski definition) is 1. The molecule has 0 saturated carbocycles. The first-order valence-electron chi connectivity index (χ1n) is 6.04. The number of allylic oxidation sites excluding steroid dienone is 1. The molecule has 1 aliphatic rings. The predicted molar refractivity (Wildman–Crippen MR) is 65.8 cm³/mol. The van der Waals surface area contributed by atoms with Crippen LogP contribution in [-0.4, -0.2) is 23.5 Å². The number of carbonyl (C=O) groups is 2. The Labute approximate surface area is 102 Å². The molecule has 1 atom stereocenters. The standard InChI is InChI=1S/C13H21NO3/c1-13(2,3)14-12(16)17-11-7-5-4-6-10(15)8-9-11/h5,7,11H,4,6,8-9H2,1-3H3,(H,14,16)/b7-5+. The molecule has 4 heteroatoms. The zero-order chi connectivity index (χ0) is 12.9. The van der Waals surface area contributed by atoms with Gasteiger partial charge in [-0.25, -0.2) is 4.79 Å². The van der Waals surface area contributed by atoms with Crippen molar-refractivity contribution in [2.24, 2.45) is 0 Å². The first kappa shape index (κ1) is 13.7. The van der Waals surface area contributed by atoms with Crippen LogP contribution < -0.4 is 5.32 Å². The van der Waals surface area contributed by atoms with Gasteiger partial charge in [-0.2, -0.15) is 0 Å². The molecular formula is C13H21NO3. The van der Waals surface area contributed by atoms with E-state index >= 15 is 0 Å². The molecule has 0 saturated heterocycles. The van der Waals surface area contributed by atoms with Crippen molar-refractivity contribution in [3.63, 3.8) is 0 Å². The van der Waals surface area contributed by atoms with Crippen LogP contribution in [0.3, 0.4) is 0 Å². The molecule has 1 amide bonds.